The van der Waals surface area contributed by atoms with E-state index < -0.39 is 0 Å². The minimum atomic E-state index is -0.333. The van der Waals surface area contributed by atoms with Gasteiger partial charge in [-0.1, -0.05) is 30.3 Å². The second-order valence-electron chi connectivity index (χ2n) is 9.54. The maximum Gasteiger partial charge on any atom is 0.173 e. The highest BCUT2D eigenvalue weighted by Crippen LogP contribution is 2.37. The summed E-state index contributed by atoms with van der Waals surface area (Å²) in [4.78, 5) is 14.0. The summed E-state index contributed by atoms with van der Waals surface area (Å²) < 4.78 is 12.6. The Morgan fingerprint density at radius 2 is 1.79 bits per heavy atom. The smallest absolute Gasteiger partial charge is 0.173 e. The summed E-state index contributed by atoms with van der Waals surface area (Å²) >= 11 is 1.52. The fourth-order valence-electron chi connectivity index (χ4n) is 5.00. The lowest BCUT2D eigenvalue weighted by atomic mass is 9.89. The van der Waals surface area contributed by atoms with Crippen molar-refractivity contribution >= 4 is 27.2 Å². The van der Waals surface area contributed by atoms with Gasteiger partial charge in [0.1, 0.15) is 19.2 Å². The first-order valence-electron chi connectivity index (χ1n) is 11.6. The van der Waals surface area contributed by atoms with Gasteiger partial charge in [-0.05, 0) is 42.7 Å². The van der Waals surface area contributed by atoms with E-state index >= 15 is 0 Å². The Kier molecular flexibility index (Phi) is 7.37. The number of aliphatic hydroxyl groups is 1. The zero-order valence-corrected chi connectivity index (χ0v) is 20.6. The Bertz CT molecular complexity index is 1060. The Morgan fingerprint density at radius 3 is 2.52 bits per heavy atom. The molecule has 3 aromatic rings. The van der Waals surface area contributed by atoms with E-state index in [-0.39, 0.29) is 17.8 Å². The highest BCUT2D eigenvalue weighted by Gasteiger charge is 2.31. The number of likely N-dealkylation sites (N-methyl/N-ethyl adjacent to an activating group) is 1. The van der Waals surface area contributed by atoms with Crippen molar-refractivity contribution in [3.8, 4) is 11.5 Å². The summed E-state index contributed by atoms with van der Waals surface area (Å²) in [5.74, 6) is 1.82. The molecule has 33 heavy (non-hydrogen) atoms. The Morgan fingerprint density at radius 1 is 1.06 bits per heavy atom. The van der Waals surface area contributed by atoms with Gasteiger partial charge in [0, 0.05) is 22.8 Å². The van der Waals surface area contributed by atoms with Gasteiger partial charge < -0.3 is 19.1 Å². The topological polar surface area (TPSA) is 55.8 Å². The standard InChI is InChI=1S/C27H34NO4S/c1-28(17-20-7-5-4-6-8-20)12-11-19(9-10-22(29)18-28)13-23(30)27-15-21-14-24(31-2)25(32-3)16-26(21)33-27/h4-8,14-16,19,22,29H,9-13,17-18H2,1-3H3/q+1. The lowest BCUT2D eigenvalue weighted by Crippen LogP contribution is -2.50. The molecule has 0 bridgehead atoms. The van der Waals surface area contributed by atoms with Crippen LogP contribution >= 0.6 is 11.3 Å². The van der Waals surface area contributed by atoms with Crippen molar-refractivity contribution in [2.24, 2.45) is 5.92 Å². The van der Waals surface area contributed by atoms with Crippen LogP contribution in [0.4, 0.5) is 0 Å². The number of aliphatic hydroxyl groups excluding tert-OH is 1. The number of fused-ring (bicyclic) bond motifs is 1. The Balaban J connectivity index is 1.46. The number of benzene rings is 2. The van der Waals surface area contributed by atoms with Crippen LogP contribution in [0.1, 0.15) is 40.9 Å². The number of nitrogens with zero attached hydrogens (tertiary/aromatic N) is 1. The van der Waals surface area contributed by atoms with Gasteiger partial charge in [-0.2, -0.15) is 0 Å². The molecule has 3 atom stereocenters. The highest BCUT2D eigenvalue weighted by atomic mass is 32.1. The SMILES string of the molecule is COc1cc2cc(C(=O)CC3CCC(O)C[N+](C)(Cc4ccccc4)CC3)sc2cc1OC. The molecule has 6 heteroatoms. The molecule has 5 nitrogen and oxygen atoms in total. The van der Waals surface area contributed by atoms with Crippen LogP contribution in [0.15, 0.2) is 48.5 Å². The van der Waals surface area contributed by atoms with Crippen molar-refractivity contribution < 1.29 is 23.9 Å². The third kappa shape index (κ3) is 5.75. The maximum absolute atomic E-state index is 13.2. The molecule has 0 radical (unpaired) electrons. The molecule has 0 aliphatic carbocycles. The average molecular weight is 469 g/mol. The summed E-state index contributed by atoms with van der Waals surface area (Å²) in [6, 6.07) is 16.3. The highest BCUT2D eigenvalue weighted by molar-refractivity contribution is 7.20. The average Bonchev–Trinajstić information content (AvgIpc) is 3.22. The lowest BCUT2D eigenvalue weighted by molar-refractivity contribution is -0.926. The summed E-state index contributed by atoms with van der Waals surface area (Å²) in [5, 5.41) is 11.7. The van der Waals surface area contributed by atoms with Gasteiger partial charge in [0.25, 0.3) is 0 Å². The number of methoxy groups -OCH3 is 2. The molecule has 2 aromatic carbocycles. The van der Waals surface area contributed by atoms with Crippen LogP contribution in [0.25, 0.3) is 10.1 Å². The summed E-state index contributed by atoms with van der Waals surface area (Å²) in [5.41, 5.74) is 1.29. The van der Waals surface area contributed by atoms with Crippen LogP contribution in [-0.2, 0) is 6.54 Å². The Labute approximate surface area is 200 Å². The molecule has 1 aliphatic rings. The second kappa shape index (κ2) is 10.2. The van der Waals surface area contributed by atoms with E-state index in [4.69, 9.17) is 9.47 Å². The first kappa shape index (κ1) is 23.7. The zero-order valence-electron chi connectivity index (χ0n) is 19.8. The fourth-order valence-corrected chi connectivity index (χ4v) is 6.02. The number of carbonyl (C=O) groups is 1. The summed E-state index contributed by atoms with van der Waals surface area (Å²) in [6.45, 7) is 2.62. The number of ether oxygens (including phenoxy) is 2. The minimum absolute atomic E-state index is 0.187. The molecule has 1 aromatic heterocycles. The van der Waals surface area contributed by atoms with Gasteiger partial charge >= 0.3 is 0 Å². The molecule has 2 heterocycles. The largest absolute Gasteiger partial charge is 0.493 e. The van der Waals surface area contributed by atoms with Gasteiger partial charge in [0.2, 0.25) is 0 Å². The van der Waals surface area contributed by atoms with Gasteiger partial charge in [-0.25, -0.2) is 0 Å². The molecular weight excluding hydrogens is 434 g/mol. The third-order valence-electron chi connectivity index (χ3n) is 6.82. The van der Waals surface area contributed by atoms with Gasteiger partial charge in [0.15, 0.2) is 17.3 Å². The zero-order chi connectivity index (χ0) is 23.4. The van der Waals surface area contributed by atoms with Crippen LogP contribution < -0.4 is 9.47 Å². The fraction of sp³-hybridized carbons (Fsp3) is 0.444. The van der Waals surface area contributed by atoms with E-state index in [1.54, 1.807) is 14.2 Å². The van der Waals surface area contributed by atoms with Crippen molar-refractivity contribution in [3.63, 3.8) is 0 Å². The first-order chi connectivity index (χ1) is 15.9. The molecule has 1 fully saturated rings. The first-order valence-corrected chi connectivity index (χ1v) is 12.4. The van der Waals surface area contributed by atoms with E-state index in [0.717, 1.165) is 58.3 Å². The number of quaternary nitrogens is 1. The maximum atomic E-state index is 13.2. The summed E-state index contributed by atoms with van der Waals surface area (Å²) in [7, 11) is 5.47. The third-order valence-corrected chi connectivity index (χ3v) is 7.95. The van der Waals surface area contributed by atoms with Gasteiger partial charge in [-0.3, -0.25) is 4.79 Å². The van der Waals surface area contributed by atoms with Crippen LogP contribution in [-0.4, -0.2) is 55.8 Å². The van der Waals surface area contributed by atoms with E-state index in [9.17, 15) is 9.90 Å². The number of carbonyl (C=O) groups excluding carboxylic acids is 1. The molecule has 176 valence electrons. The molecule has 0 spiro atoms. The van der Waals surface area contributed by atoms with Crippen LogP contribution in [0.5, 0.6) is 11.5 Å². The number of likely N-dealkylation sites (tertiary alicyclic amines) is 1. The van der Waals surface area contributed by atoms with Crippen molar-refractivity contribution in [1.82, 2.24) is 0 Å². The second-order valence-corrected chi connectivity index (χ2v) is 10.6. The van der Waals surface area contributed by atoms with Crippen molar-refractivity contribution in [3.05, 3.63) is 59.0 Å². The van der Waals surface area contributed by atoms with Crippen molar-refractivity contribution in [2.75, 3.05) is 34.4 Å². The quantitative estimate of drug-likeness (QED) is 0.378. The number of thiophene rings is 1. The molecule has 1 N–H and O–H groups in total. The van der Waals surface area contributed by atoms with Crippen LogP contribution in [0.2, 0.25) is 0 Å². The molecule has 1 saturated heterocycles. The predicted molar refractivity (Wildman–Crippen MR) is 133 cm³/mol. The lowest BCUT2D eigenvalue weighted by Gasteiger charge is -2.39. The van der Waals surface area contributed by atoms with E-state index in [1.807, 2.05) is 24.3 Å². The van der Waals surface area contributed by atoms with Crippen LogP contribution in [0.3, 0.4) is 0 Å². The van der Waals surface area contributed by atoms with Crippen molar-refractivity contribution in [2.45, 2.75) is 38.3 Å². The minimum Gasteiger partial charge on any atom is -0.493 e. The van der Waals surface area contributed by atoms with E-state index in [0.29, 0.717) is 17.9 Å². The molecule has 3 unspecified atom stereocenters. The number of ketones is 1. The van der Waals surface area contributed by atoms with E-state index in [2.05, 4.69) is 31.3 Å². The monoisotopic (exact) mass is 468 g/mol. The van der Waals surface area contributed by atoms with Crippen molar-refractivity contribution in [1.29, 1.82) is 0 Å². The number of hydrogen-bond acceptors (Lipinski definition) is 5. The molecule has 0 amide bonds. The van der Waals surface area contributed by atoms with Gasteiger partial charge in [-0.15, -0.1) is 11.3 Å². The van der Waals surface area contributed by atoms with Crippen LogP contribution in [0, 0.1) is 5.92 Å². The normalized spacial score (nSPS) is 23.6. The van der Waals surface area contributed by atoms with E-state index in [1.165, 1.54) is 16.9 Å². The molecule has 0 saturated carbocycles. The number of rotatable bonds is 7. The summed E-state index contributed by atoms with van der Waals surface area (Å²) in [6.07, 6.45) is 2.83. The van der Waals surface area contributed by atoms with Gasteiger partial charge in [0.05, 0.1) is 32.7 Å². The molecular formula is C27H34NO4S+. The molecule has 1 aliphatic heterocycles. The molecule has 4 rings (SSSR count). The number of hydrogen-bond donors (Lipinski definition) is 1. The Hall–Kier alpha value is -2.41. The predicted octanol–water partition coefficient (Wildman–Crippen LogP) is 5.30. The number of Topliss-reactive ketones (excluding diaryl/α,β-unsaturated/α-hetero) is 1.